The normalized spacial score (nSPS) is 18.7. The summed E-state index contributed by atoms with van der Waals surface area (Å²) in [6.45, 7) is 6.82. The Balaban J connectivity index is 1.95. The van der Waals surface area contributed by atoms with Gasteiger partial charge in [0.25, 0.3) is 0 Å². The third-order valence-corrected chi connectivity index (χ3v) is 3.70. The maximum atomic E-state index is 12.2. The molecule has 1 fully saturated rings. The highest BCUT2D eigenvalue weighted by molar-refractivity contribution is 5.68. The Hall–Kier alpha value is -2.05. The quantitative estimate of drug-likeness (QED) is 0.920. The lowest BCUT2D eigenvalue weighted by Crippen LogP contribution is -2.43. The molecule has 7 nitrogen and oxygen atoms in total. The molecule has 1 saturated heterocycles. The number of carboxylic acid groups (broad SMARTS) is 1. The van der Waals surface area contributed by atoms with Crippen LogP contribution in [0.2, 0.25) is 0 Å². The first-order valence-corrected chi connectivity index (χ1v) is 7.97. The number of hydrogen-bond donors (Lipinski definition) is 1. The Morgan fingerprint density at radius 1 is 1.43 bits per heavy atom. The van der Waals surface area contributed by atoms with E-state index in [0.29, 0.717) is 19.5 Å². The number of aliphatic carboxylic acids is 1. The standard InChI is InChI=1S/C16H25N3O4/c1-16(2,3)23-15(22)18-8-4-5-13(11-18)19-10-12(9-17-19)6-7-14(20)21/h9-10,13H,4-8,11H2,1-3H3,(H,20,21). The molecular formula is C16H25N3O4. The second-order valence-electron chi connectivity index (χ2n) is 6.94. The summed E-state index contributed by atoms with van der Waals surface area (Å²) in [5.41, 5.74) is 0.404. The first-order valence-electron chi connectivity index (χ1n) is 7.97. The predicted octanol–water partition coefficient (Wildman–Crippen LogP) is 2.47. The molecule has 1 unspecified atom stereocenters. The molecule has 1 aliphatic heterocycles. The van der Waals surface area contributed by atoms with Gasteiger partial charge in [-0.05, 0) is 45.6 Å². The Labute approximate surface area is 136 Å². The van der Waals surface area contributed by atoms with Crippen LogP contribution >= 0.6 is 0 Å². The highest BCUT2D eigenvalue weighted by atomic mass is 16.6. The van der Waals surface area contributed by atoms with Crippen LogP contribution in [0, 0.1) is 0 Å². The van der Waals surface area contributed by atoms with Crippen molar-refractivity contribution < 1.29 is 19.4 Å². The summed E-state index contributed by atoms with van der Waals surface area (Å²) >= 11 is 0. The van der Waals surface area contributed by atoms with Crippen molar-refractivity contribution in [2.24, 2.45) is 0 Å². The molecular weight excluding hydrogens is 298 g/mol. The lowest BCUT2D eigenvalue weighted by molar-refractivity contribution is -0.136. The number of carbonyl (C=O) groups is 2. The molecule has 1 amide bonds. The zero-order valence-electron chi connectivity index (χ0n) is 14.0. The molecule has 0 bridgehead atoms. The number of aryl methyl sites for hydroxylation is 1. The van der Waals surface area contributed by atoms with Crippen LogP contribution in [0.15, 0.2) is 12.4 Å². The largest absolute Gasteiger partial charge is 0.481 e. The van der Waals surface area contributed by atoms with Crippen LogP contribution < -0.4 is 0 Å². The molecule has 1 aromatic heterocycles. The van der Waals surface area contributed by atoms with Gasteiger partial charge in [0.05, 0.1) is 12.2 Å². The van der Waals surface area contributed by atoms with Crippen LogP contribution in [0.1, 0.15) is 51.6 Å². The molecule has 128 valence electrons. The Morgan fingerprint density at radius 2 is 2.17 bits per heavy atom. The molecule has 1 aromatic rings. The lowest BCUT2D eigenvalue weighted by atomic mass is 10.1. The van der Waals surface area contributed by atoms with Crippen LogP contribution in [0.3, 0.4) is 0 Å². The molecule has 2 rings (SSSR count). The van der Waals surface area contributed by atoms with Crippen molar-refractivity contribution in [3.8, 4) is 0 Å². The molecule has 1 aliphatic rings. The molecule has 23 heavy (non-hydrogen) atoms. The van der Waals surface area contributed by atoms with E-state index in [9.17, 15) is 9.59 Å². The van der Waals surface area contributed by atoms with Gasteiger partial charge in [-0.15, -0.1) is 0 Å². The van der Waals surface area contributed by atoms with Gasteiger partial charge in [0, 0.05) is 25.7 Å². The van der Waals surface area contributed by atoms with Crippen molar-refractivity contribution in [2.45, 2.75) is 58.1 Å². The van der Waals surface area contributed by atoms with E-state index in [1.54, 1.807) is 11.1 Å². The van der Waals surface area contributed by atoms with Crippen molar-refractivity contribution in [3.63, 3.8) is 0 Å². The van der Waals surface area contributed by atoms with Crippen molar-refractivity contribution >= 4 is 12.1 Å². The fourth-order valence-electron chi connectivity index (χ4n) is 2.62. The third kappa shape index (κ3) is 5.26. The zero-order valence-corrected chi connectivity index (χ0v) is 14.0. The lowest BCUT2D eigenvalue weighted by Gasteiger charge is -2.34. The van der Waals surface area contributed by atoms with Gasteiger partial charge >= 0.3 is 12.1 Å². The molecule has 0 aliphatic carbocycles. The second-order valence-corrected chi connectivity index (χ2v) is 6.94. The van der Waals surface area contributed by atoms with Gasteiger partial charge in [0.2, 0.25) is 0 Å². The number of likely N-dealkylation sites (tertiary alicyclic amines) is 1. The minimum Gasteiger partial charge on any atom is -0.481 e. The van der Waals surface area contributed by atoms with Crippen molar-refractivity contribution in [1.29, 1.82) is 0 Å². The molecule has 0 saturated carbocycles. The topological polar surface area (TPSA) is 84.7 Å². The zero-order chi connectivity index (χ0) is 17.0. The van der Waals surface area contributed by atoms with E-state index in [-0.39, 0.29) is 18.6 Å². The number of ether oxygens (including phenoxy) is 1. The monoisotopic (exact) mass is 323 g/mol. The number of piperidine rings is 1. The number of rotatable bonds is 4. The summed E-state index contributed by atoms with van der Waals surface area (Å²) in [5.74, 6) is -0.813. The van der Waals surface area contributed by atoms with E-state index >= 15 is 0 Å². The number of carbonyl (C=O) groups excluding carboxylic acids is 1. The van der Waals surface area contributed by atoms with Crippen LogP contribution in [0.25, 0.3) is 0 Å². The van der Waals surface area contributed by atoms with Gasteiger partial charge in [-0.25, -0.2) is 4.79 Å². The van der Waals surface area contributed by atoms with Crippen LogP contribution in [-0.4, -0.2) is 50.5 Å². The number of amides is 1. The average molecular weight is 323 g/mol. The van der Waals surface area contributed by atoms with Gasteiger partial charge in [-0.2, -0.15) is 5.10 Å². The molecule has 1 atom stereocenters. The summed E-state index contributed by atoms with van der Waals surface area (Å²) in [5, 5.41) is 13.1. The molecule has 1 N–H and O–H groups in total. The smallest absolute Gasteiger partial charge is 0.410 e. The molecule has 0 aromatic carbocycles. The summed E-state index contributed by atoms with van der Waals surface area (Å²) in [6.07, 6.45) is 5.70. The first kappa shape index (κ1) is 17.3. The Bertz CT molecular complexity index is 562. The maximum Gasteiger partial charge on any atom is 0.410 e. The van der Waals surface area contributed by atoms with Crippen LogP contribution in [0.4, 0.5) is 4.79 Å². The van der Waals surface area contributed by atoms with Gasteiger partial charge in [-0.3, -0.25) is 9.48 Å². The number of aromatic nitrogens is 2. The number of hydrogen-bond acceptors (Lipinski definition) is 4. The fourth-order valence-corrected chi connectivity index (χ4v) is 2.62. The van der Waals surface area contributed by atoms with Crippen LogP contribution in [-0.2, 0) is 16.0 Å². The van der Waals surface area contributed by atoms with Gasteiger partial charge in [-0.1, -0.05) is 0 Å². The molecule has 2 heterocycles. The molecule has 7 heteroatoms. The van der Waals surface area contributed by atoms with E-state index in [1.807, 2.05) is 31.6 Å². The van der Waals surface area contributed by atoms with E-state index < -0.39 is 11.6 Å². The van der Waals surface area contributed by atoms with E-state index in [1.165, 1.54) is 0 Å². The Kier molecular flexibility index (Phi) is 5.28. The second kappa shape index (κ2) is 7.02. The fraction of sp³-hybridized carbons (Fsp3) is 0.688. The average Bonchev–Trinajstić information content (AvgIpc) is 2.92. The number of nitrogens with zero attached hydrogens (tertiary/aromatic N) is 3. The first-order chi connectivity index (χ1) is 10.7. The maximum absolute atomic E-state index is 12.2. The van der Waals surface area contributed by atoms with E-state index in [2.05, 4.69) is 5.10 Å². The molecule has 0 spiro atoms. The molecule has 0 radical (unpaired) electrons. The minimum atomic E-state index is -0.813. The van der Waals surface area contributed by atoms with Crippen LogP contribution in [0.5, 0.6) is 0 Å². The van der Waals surface area contributed by atoms with Gasteiger partial charge in [0.1, 0.15) is 5.60 Å². The predicted molar refractivity (Wildman–Crippen MR) is 84.3 cm³/mol. The summed E-state index contributed by atoms with van der Waals surface area (Å²) in [4.78, 5) is 24.5. The SMILES string of the molecule is CC(C)(C)OC(=O)N1CCCC(n2cc(CCC(=O)O)cn2)C1. The highest BCUT2D eigenvalue weighted by Crippen LogP contribution is 2.23. The summed E-state index contributed by atoms with van der Waals surface area (Å²) in [6, 6.07) is 0.106. The number of carboxylic acids is 1. The summed E-state index contributed by atoms with van der Waals surface area (Å²) < 4.78 is 7.26. The van der Waals surface area contributed by atoms with Gasteiger partial charge in [0.15, 0.2) is 0 Å². The van der Waals surface area contributed by atoms with E-state index in [0.717, 1.165) is 18.4 Å². The third-order valence-electron chi connectivity index (χ3n) is 3.70. The van der Waals surface area contributed by atoms with E-state index in [4.69, 9.17) is 9.84 Å². The van der Waals surface area contributed by atoms with Crippen molar-refractivity contribution in [1.82, 2.24) is 14.7 Å². The van der Waals surface area contributed by atoms with Crippen molar-refractivity contribution in [2.75, 3.05) is 13.1 Å². The summed E-state index contributed by atoms with van der Waals surface area (Å²) in [7, 11) is 0. The Morgan fingerprint density at radius 3 is 2.83 bits per heavy atom. The minimum absolute atomic E-state index is 0.0976. The van der Waals surface area contributed by atoms with Crippen molar-refractivity contribution in [3.05, 3.63) is 18.0 Å². The van der Waals surface area contributed by atoms with Gasteiger partial charge < -0.3 is 14.7 Å². The highest BCUT2D eigenvalue weighted by Gasteiger charge is 2.28.